The number of hydrogen-bond donors (Lipinski definition) is 2. The van der Waals surface area contributed by atoms with Gasteiger partial charge in [-0.3, -0.25) is 4.99 Å². The van der Waals surface area contributed by atoms with E-state index in [-0.39, 0.29) is 22.4 Å². The van der Waals surface area contributed by atoms with Gasteiger partial charge in [-0.15, -0.1) is 17.0 Å². The van der Waals surface area contributed by atoms with E-state index in [1.54, 1.807) is 18.1 Å². The van der Waals surface area contributed by atoms with Gasteiger partial charge in [0.05, 0.1) is 17.2 Å². The Morgan fingerprint density at radius 3 is 2.66 bits per heavy atom. The maximum atomic E-state index is 5.02. The summed E-state index contributed by atoms with van der Waals surface area (Å²) in [6.45, 7) is 9.57. The average molecular weight is 474 g/mol. The maximum absolute atomic E-state index is 5.02. The minimum Gasteiger partial charge on any atom is -0.366 e. The summed E-state index contributed by atoms with van der Waals surface area (Å²) in [5, 5.41) is 8.04. The SMILES string of the molecule is Br.CC(C)Nc1ncnc2c1NC1=C(S2)C(=NCc2ccccc2)CC(C)(C)C1. The minimum absolute atomic E-state index is 0. The molecule has 1 aliphatic heterocycles. The molecule has 1 aliphatic carbocycles. The van der Waals surface area contributed by atoms with Crippen LogP contribution >= 0.6 is 28.7 Å². The number of allylic oxidation sites excluding steroid dienone is 2. The number of thioether (sulfide) groups is 1. The number of halogens is 1. The van der Waals surface area contributed by atoms with E-state index < -0.39 is 0 Å². The molecule has 0 atom stereocenters. The normalized spacial score (nSPS) is 18.6. The Balaban J connectivity index is 0.00000240. The van der Waals surface area contributed by atoms with Gasteiger partial charge in [-0.1, -0.05) is 55.9 Å². The highest BCUT2D eigenvalue weighted by molar-refractivity contribution is 8.93. The molecule has 0 fully saturated rings. The third-order valence-electron chi connectivity index (χ3n) is 4.85. The number of nitrogens with one attached hydrogen (secondary N) is 2. The largest absolute Gasteiger partial charge is 0.366 e. The van der Waals surface area contributed by atoms with Crippen LogP contribution in [0.25, 0.3) is 0 Å². The molecular formula is C22H28BrN5S. The van der Waals surface area contributed by atoms with Crippen molar-refractivity contribution in [3.63, 3.8) is 0 Å². The molecule has 0 bridgehead atoms. The van der Waals surface area contributed by atoms with Crippen LogP contribution in [0.15, 0.2) is 57.3 Å². The molecule has 2 heterocycles. The van der Waals surface area contributed by atoms with Crippen molar-refractivity contribution in [2.24, 2.45) is 10.4 Å². The van der Waals surface area contributed by atoms with Crippen LogP contribution in [0.3, 0.4) is 0 Å². The fourth-order valence-electron chi connectivity index (χ4n) is 3.64. The Morgan fingerprint density at radius 1 is 1.17 bits per heavy atom. The zero-order valence-electron chi connectivity index (χ0n) is 17.3. The highest BCUT2D eigenvalue weighted by Gasteiger charge is 2.36. The predicted molar refractivity (Wildman–Crippen MR) is 128 cm³/mol. The van der Waals surface area contributed by atoms with Gasteiger partial charge in [-0.05, 0) is 37.7 Å². The van der Waals surface area contributed by atoms with E-state index in [0.29, 0.717) is 12.6 Å². The summed E-state index contributed by atoms with van der Waals surface area (Å²) in [6, 6.07) is 10.8. The molecule has 0 unspecified atom stereocenters. The summed E-state index contributed by atoms with van der Waals surface area (Å²) in [4.78, 5) is 15.2. The van der Waals surface area contributed by atoms with Gasteiger partial charge >= 0.3 is 0 Å². The Bertz CT molecular complexity index is 937. The molecule has 2 aromatic rings. The van der Waals surface area contributed by atoms with Crippen LogP contribution in [0.4, 0.5) is 11.5 Å². The van der Waals surface area contributed by atoms with Gasteiger partial charge in [-0.25, -0.2) is 9.97 Å². The highest BCUT2D eigenvalue weighted by atomic mass is 79.9. The number of anilines is 2. The quantitative estimate of drug-likeness (QED) is 0.527. The monoisotopic (exact) mass is 473 g/mol. The van der Waals surface area contributed by atoms with Crippen molar-refractivity contribution in [3.8, 4) is 0 Å². The van der Waals surface area contributed by atoms with Crippen molar-refractivity contribution in [2.45, 2.75) is 58.1 Å². The molecule has 1 aromatic heterocycles. The van der Waals surface area contributed by atoms with Crippen LogP contribution in [-0.2, 0) is 6.54 Å². The Kier molecular flexibility index (Phi) is 6.69. The number of nitrogens with zero attached hydrogens (tertiary/aromatic N) is 3. The van der Waals surface area contributed by atoms with E-state index in [0.717, 1.165) is 29.4 Å². The summed E-state index contributed by atoms with van der Waals surface area (Å²) in [6.07, 6.45) is 3.61. The number of hydrogen-bond acceptors (Lipinski definition) is 6. The molecule has 0 radical (unpaired) electrons. The zero-order valence-corrected chi connectivity index (χ0v) is 19.9. The summed E-state index contributed by atoms with van der Waals surface area (Å²) in [5.41, 5.74) is 4.80. The van der Waals surface area contributed by atoms with Crippen molar-refractivity contribution in [1.82, 2.24) is 9.97 Å². The van der Waals surface area contributed by atoms with Crippen LogP contribution in [0, 0.1) is 5.41 Å². The summed E-state index contributed by atoms with van der Waals surface area (Å²) in [5.74, 6) is 0.866. The molecule has 2 aliphatic rings. The topological polar surface area (TPSA) is 62.2 Å². The first-order chi connectivity index (χ1) is 13.4. The van der Waals surface area contributed by atoms with Gasteiger partial charge in [0, 0.05) is 11.7 Å². The minimum atomic E-state index is 0. The molecule has 7 heteroatoms. The van der Waals surface area contributed by atoms with Crippen LogP contribution < -0.4 is 10.6 Å². The maximum Gasteiger partial charge on any atom is 0.154 e. The van der Waals surface area contributed by atoms with Crippen molar-refractivity contribution < 1.29 is 0 Å². The smallest absolute Gasteiger partial charge is 0.154 e. The van der Waals surface area contributed by atoms with Gasteiger partial charge < -0.3 is 10.6 Å². The molecule has 0 saturated carbocycles. The van der Waals surface area contributed by atoms with Gasteiger partial charge in [0.15, 0.2) is 5.82 Å². The lowest BCUT2D eigenvalue weighted by Gasteiger charge is -2.37. The van der Waals surface area contributed by atoms with E-state index in [2.05, 4.69) is 72.6 Å². The van der Waals surface area contributed by atoms with Crippen molar-refractivity contribution >= 4 is 46.0 Å². The molecule has 1 aromatic carbocycles. The Morgan fingerprint density at radius 2 is 1.93 bits per heavy atom. The summed E-state index contributed by atoms with van der Waals surface area (Å²) >= 11 is 1.72. The van der Waals surface area contributed by atoms with Crippen LogP contribution in [-0.4, -0.2) is 21.7 Å². The fraction of sp³-hybridized carbons (Fsp3) is 0.409. The van der Waals surface area contributed by atoms with Gasteiger partial charge in [0.2, 0.25) is 0 Å². The first-order valence-corrected chi connectivity index (χ1v) is 10.6. The first kappa shape index (κ1) is 21.8. The third kappa shape index (κ3) is 5.01. The molecule has 154 valence electrons. The third-order valence-corrected chi connectivity index (χ3v) is 6.03. The van der Waals surface area contributed by atoms with Gasteiger partial charge in [0.1, 0.15) is 17.0 Å². The van der Waals surface area contributed by atoms with Crippen LogP contribution in [0.1, 0.15) is 46.1 Å². The van der Waals surface area contributed by atoms with Crippen molar-refractivity contribution in [2.75, 3.05) is 10.6 Å². The number of aliphatic imine (C=N–C) groups is 1. The molecule has 5 nitrogen and oxygen atoms in total. The molecular weight excluding hydrogens is 446 g/mol. The molecule has 0 saturated heterocycles. The number of rotatable bonds is 4. The fourth-order valence-corrected chi connectivity index (χ4v) is 4.68. The zero-order chi connectivity index (χ0) is 19.7. The Labute approximate surface area is 187 Å². The standard InChI is InChI=1S/C22H27N5S.BrH/c1-14(2)26-20-18-21(25-13-24-20)28-19-16(10-22(3,4)11-17(19)27-18)23-12-15-8-6-5-7-9-15;/h5-9,13-14,27H,10-12H2,1-4H3,(H,24,25,26);1H. The van der Waals surface area contributed by atoms with Crippen molar-refractivity contribution in [3.05, 3.63) is 52.8 Å². The van der Waals surface area contributed by atoms with E-state index in [9.17, 15) is 0 Å². The predicted octanol–water partition coefficient (Wildman–Crippen LogP) is 6.07. The van der Waals surface area contributed by atoms with Crippen molar-refractivity contribution in [1.29, 1.82) is 0 Å². The second-order valence-corrected chi connectivity index (χ2v) is 9.50. The molecule has 0 spiro atoms. The highest BCUT2D eigenvalue weighted by Crippen LogP contribution is 2.49. The van der Waals surface area contributed by atoms with E-state index in [1.165, 1.54) is 21.9 Å². The molecule has 29 heavy (non-hydrogen) atoms. The molecule has 4 rings (SSSR count). The van der Waals surface area contributed by atoms with Gasteiger partial charge in [0.25, 0.3) is 0 Å². The Hall–Kier alpha value is -1.86. The second-order valence-electron chi connectivity index (χ2n) is 8.50. The first-order valence-electron chi connectivity index (χ1n) is 9.78. The van der Waals surface area contributed by atoms with Gasteiger partial charge in [-0.2, -0.15) is 0 Å². The number of aromatic nitrogens is 2. The lowest BCUT2D eigenvalue weighted by atomic mass is 9.78. The lowest BCUT2D eigenvalue weighted by molar-refractivity contribution is 0.373. The van der Waals surface area contributed by atoms with E-state index in [4.69, 9.17) is 4.99 Å². The number of benzene rings is 1. The molecule has 2 N–H and O–H groups in total. The summed E-state index contributed by atoms with van der Waals surface area (Å²) in [7, 11) is 0. The molecule has 0 amide bonds. The van der Waals surface area contributed by atoms with E-state index in [1.807, 2.05) is 6.07 Å². The lowest BCUT2D eigenvalue weighted by Crippen LogP contribution is -2.30. The van der Waals surface area contributed by atoms with Crippen LogP contribution in [0.5, 0.6) is 0 Å². The van der Waals surface area contributed by atoms with Crippen LogP contribution in [0.2, 0.25) is 0 Å². The number of fused-ring (bicyclic) bond motifs is 1. The van der Waals surface area contributed by atoms with E-state index >= 15 is 0 Å². The second kappa shape index (κ2) is 8.88. The average Bonchev–Trinajstić information content (AvgIpc) is 2.65. The summed E-state index contributed by atoms with van der Waals surface area (Å²) < 4.78 is 0.